The Morgan fingerprint density at radius 1 is 1.14 bits per heavy atom. The fourth-order valence-corrected chi connectivity index (χ4v) is 7.30. The number of pyridine rings is 1. The van der Waals surface area contributed by atoms with Gasteiger partial charge in [0.1, 0.15) is 16.7 Å². The van der Waals surface area contributed by atoms with E-state index >= 15 is 8.78 Å². The zero-order valence-corrected chi connectivity index (χ0v) is 20.6. The highest BCUT2D eigenvalue weighted by Gasteiger charge is 2.54. The van der Waals surface area contributed by atoms with Crippen molar-refractivity contribution >= 4 is 33.1 Å². The van der Waals surface area contributed by atoms with Crippen molar-refractivity contribution in [1.82, 2.24) is 9.88 Å². The topological polar surface area (TPSA) is 65.5 Å². The quantitative estimate of drug-likeness (QED) is 0.315. The Kier molecular flexibility index (Phi) is 6.57. The first-order valence-corrected chi connectivity index (χ1v) is 13.5. The first kappa shape index (κ1) is 25.5. The van der Waals surface area contributed by atoms with Gasteiger partial charge in [-0.15, -0.1) is 0 Å². The van der Waals surface area contributed by atoms with E-state index in [-0.39, 0.29) is 17.1 Å². The maximum atomic E-state index is 15.2. The molecule has 3 fully saturated rings. The van der Waals surface area contributed by atoms with E-state index in [1.807, 2.05) is 4.72 Å². The van der Waals surface area contributed by atoms with Crippen molar-refractivity contribution in [2.75, 3.05) is 35.8 Å². The normalized spacial score (nSPS) is 26.7. The van der Waals surface area contributed by atoms with Crippen molar-refractivity contribution in [2.24, 2.45) is 11.3 Å². The Hall–Kier alpha value is -2.18. The van der Waals surface area contributed by atoms with Gasteiger partial charge < -0.3 is 4.90 Å². The number of hydrogen-bond donors (Lipinski definition) is 1. The lowest BCUT2D eigenvalue weighted by Gasteiger charge is -2.51. The average molecular weight is 551 g/mol. The van der Waals surface area contributed by atoms with Crippen molar-refractivity contribution in [3.8, 4) is 0 Å². The van der Waals surface area contributed by atoms with E-state index in [0.717, 1.165) is 31.0 Å². The third-order valence-corrected chi connectivity index (χ3v) is 9.47. The maximum Gasteiger partial charge on any atom is 0.268 e. The van der Waals surface area contributed by atoms with Crippen LogP contribution in [0.15, 0.2) is 29.2 Å². The maximum absolute atomic E-state index is 15.2. The lowest BCUT2D eigenvalue weighted by atomic mass is 9.63. The molecule has 1 saturated carbocycles. The summed E-state index contributed by atoms with van der Waals surface area (Å²) in [6, 6.07) is 4.31. The molecule has 0 amide bonds. The molecule has 13 heteroatoms. The Bertz CT molecular complexity index is 1280. The molecule has 1 aliphatic carbocycles. The van der Waals surface area contributed by atoms with E-state index in [2.05, 4.69) is 9.88 Å². The minimum Gasteiger partial charge on any atom is -0.370 e. The van der Waals surface area contributed by atoms with Gasteiger partial charge in [-0.25, -0.2) is 31.0 Å². The number of nitrogens with one attached hydrogen (secondary N) is 1. The van der Waals surface area contributed by atoms with Gasteiger partial charge in [-0.05, 0) is 44.4 Å². The predicted molar refractivity (Wildman–Crippen MR) is 124 cm³/mol. The van der Waals surface area contributed by atoms with Crippen LogP contribution in [0.2, 0.25) is 5.02 Å². The molecule has 2 saturated heterocycles. The fourth-order valence-electron chi connectivity index (χ4n) is 5.83. The molecule has 3 atom stereocenters. The number of hydrogen-bond acceptors (Lipinski definition) is 5. The number of nitrogens with zero attached hydrogens (tertiary/aromatic N) is 3. The molecule has 2 aromatic rings. The zero-order chi connectivity index (χ0) is 25.8. The largest absolute Gasteiger partial charge is 0.370 e. The Balaban J connectivity index is 1.36. The van der Waals surface area contributed by atoms with Gasteiger partial charge in [0, 0.05) is 43.1 Å². The van der Waals surface area contributed by atoms with E-state index in [9.17, 15) is 21.6 Å². The summed E-state index contributed by atoms with van der Waals surface area (Å²) in [6.07, 6.45) is 0.545. The molecule has 196 valence electrons. The van der Waals surface area contributed by atoms with Gasteiger partial charge >= 0.3 is 0 Å². The summed E-state index contributed by atoms with van der Waals surface area (Å²) < 4.78 is 97.0. The van der Waals surface area contributed by atoms with Crippen LogP contribution < -0.4 is 9.62 Å². The highest BCUT2D eigenvalue weighted by atomic mass is 35.5. The van der Waals surface area contributed by atoms with E-state index in [4.69, 9.17) is 11.6 Å². The van der Waals surface area contributed by atoms with Gasteiger partial charge in [-0.2, -0.15) is 4.39 Å². The smallest absolute Gasteiger partial charge is 0.268 e. The van der Waals surface area contributed by atoms with Crippen LogP contribution in [-0.4, -0.2) is 56.9 Å². The van der Waals surface area contributed by atoms with Gasteiger partial charge in [-0.3, -0.25) is 9.62 Å². The number of likely N-dealkylation sites (tertiary alicyclic amines) is 1. The molecule has 1 aromatic heterocycles. The third kappa shape index (κ3) is 4.41. The Morgan fingerprint density at radius 2 is 1.92 bits per heavy atom. The molecule has 5 rings (SSSR count). The number of sulfonamides is 1. The van der Waals surface area contributed by atoms with Crippen LogP contribution in [0, 0.1) is 28.9 Å². The zero-order valence-electron chi connectivity index (χ0n) is 19.0. The van der Waals surface area contributed by atoms with Gasteiger partial charge in [0.05, 0.1) is 5.69 Å². The number of benzene rings is 1. The number of alkyl halides is 2. The SMILES string of the molecule is O=S(=O)(Nc1cccc(F)n1)c1c(F)cc(N2CC[C@@]3(CC[C@H]3N3CC[C@@H](C(F)F)C3)C2)c(Cl)c1F. The standard InChI is InChI=1S/C23H24ClF5N4O2S/c24-19-15(10-14(25)21(20(19)27)36(34,35)31-18-3-1-2-17(26)30-18)33-9-7-23(12-33)6-4-16(23)32-8-5-13(11-32)22(28)29/h1-3,10,13,16,22H,4-9,11-12H2,(H,30,31)/t13-,16-,23+/m1/s1. The molecule has 2 aliphatic heterocycles. The molecule has 3 heterocycles. The number of halogens is 6. The van der Waals surface area contributed by atoms with Crippen molar-refractivity contribution < 1.29 is 30.4 Å². The average Bonchev–Trinajstić information content (AvgIpc) is 3.44. The summed E-state index contributed by atoms with van der Waals surface area (Å²) in [6.45, 7) is 1.82. The van der Waals surface area contributed by atoms with E-state index in [1.165, 1.54) is 6.07 Å². The predicted octanol–water partition coefficient (Wildman–Crippen LogP) is 4.90. The van der Waals surface area contributed by atoms with E-state index in [1.54, 1.807) is 4.90 Å². The molecule has 1 N–H and O–H groups in total. The van der Waals surface area contributed by atoms with Crippen LogP contribution >= 0.6 is 11.6 Å². The van der Waals surface area contributed by atoms with Gasteiger partial charge in [-0.1, -0.05) is 17.7 Å². The highest BCUT2D eigenvalue weighted by molar-refractivity contribution is 7.92. The lowest BCUT2D eigenvalue weighted by Crippen LogP contribution is -2.56. The monoisotopic (exact) mass is 550 g/mol. The number of rotatable bonds is 6. The summed E-state index contributed by atoms with van der Waals surface area (Å²) in [5.74, 6) is -4.85. The summed E-state index contributed by atoms with van der Waals surface area (Å²) >= 11 is 6.21. The number of aromatic nitrogens is 1. The van der Waals surface area contributed by atoms with Crippen molar-refractivity contribution in [2.45, 2.75) is 43.0 Å². The molecule has 36 heavy (non-hydrogen) atoms. The van der Waals surface area contributed by atoms with Crippen molar-refractivity contribution in [3.63, 3.8) is 0 Å². The molecular formula is C23H24ClF5N4O2S. The molecule has 1 aromatic carbocycles. The van der Waals surface area contributed by atoms with Gasteiger partial charge in [0.2, 0.25) is 12.4 Å². The second-order valence-corrected chi connectivity index (χ2v) is 11.7. The fraction of sp³-hybridized carbons (Fsp3) is 0.522. The van der Waals surface area contributed by atoms with Crippen LogP contribution in [0.5, 0.6) is 0 Å². The van der Waals surface area contributed by atoms with Crippen molar-refractivity contribution in [3.05, 3.63) is 46.9 Å². The van der Waals surface area contributed by atoms with Crippen LogP contribution in [0.1, 0.15) is 25.7 Å². The van der Waals surface area contributed by atoms with Crippen LogP contribution in [-0.2, 0) is 10.0 Å². The van der Waals surface area contributed by atoms with Gasteiger partial charge in [0.15, 0.2) is 10.7 Å². The summed E-state index contributed by atoms with van der Waals surface area (Å²) in [5, 5.41) is -0.546. The minimum atomic E-state index is -4.80. The third-order valence-electron chi connectivity index (χ3n) is 7.72. The second kappa shape index (κ2) is 9.29. The first-order valence-electron chi connectivity index (χ1n) is 11.6. The second-order valence-electron chi connectivity index (χ2n) is 9.75. The van der Waals surface area contributed by atoms with E-state index in [0.29, 0.717) is 39.0 Å². The summed E-state index contributed by atoms with van der Waals surface area (Å²) in [4.78, 5) is 5.89. The number of anilines is 2. The molecule has 0 radical (unpaired) electrons. The van der Waals surface area contributed by atoms with Crippen LogP contribution in [0.4, 0.5) is 33.5 Å². The van der Waals surface area contributed by atoms with Crippen molar-refractivity contribution in [1.29, 1.82) is 0 Å². The molecule has 6 nitrogen and oxygen atoms in total. The molecule has 0 bridgehead atoms. The Morgan fingerprint density at radius 3 is 2.56 bits per heavy atom. The molecule has 3 aliphatic rings. The van der Waals surface area contributed by atoms with Crippen LogP contribution in [0.25, 0.3) is 0 Å². The highest BCUT2D eigenvalue weighted by Crippen LogP contribution is 2.53. The first-order chi connectivity index (χ1) is 17.0. The lowest BCUT2D eigenvalue weighted by molar-refractivity contribution is -0.00707. The Labute approximate surface area is 210 Å². The summed E-state index contributed by atoms with van der Waals surface area (Å²) in [5.41, 5.74) is -0.160. The van der Waals surface area contributed by atoms with Crippen LogP contribution in [0.3, 0.4) is 0 Å². The summed E-state index contributed by atoms with van der Waals surface area (Å²) in [7, 11) is -4.80. The minimum absolute atomic E-state index is 0.0314. The van der Waals surface area contributed by atoms with E-state index < -0.39 is 55.7 Å². The molecular weight excluding hydrogens is 527 g/mol. The van der Waals surface area contributed by atoms with Gasteiger partial charge in [0.25, 0.3) is 10.0 Å². The molecule has 0 unspecified atom stereocenters. The molecule has 1 spiro atoms.